The molecule has 0 bridgehead atoms. The van der Waals surface area contributed by atoms with E-state index in [1.807, 2.05) is 9.80 Å². The van der Waals surface area contributed by atoms with Gasteiger partial charge in [0.25, 0.3) is 0 Å². The lowest BCUT2D eigenvalue weighted by Gasteiger charge is -2.34. The van der Waals surface area contributed by atoms with Gasteiger partial charge in [-0.1, -0.05) is 0 Å². The Labute approximate surface area is 119 Å². The van der Waals surface area contributed by atoms with Crippen molar-refractivity contribution in [3.8, 4) is 0 Å². The third kappa shape index (κ3) is 3.85. The van der Waals surface area contributed by atoms with Gasteiger partial charge in [-0.2, -0.15) is 0 Å². The van der Waals surface area contributed by atoms with Gasteiger partial charge in [-0.25, -0.2) is 4.79 Å². The molecule has 0 spiro atoms. The average molecular weight is 284 g/mol. The number of hydrogen-bond acceptors (Lipinski definition) is 3. The van der Waals surface area contributed by atoms with Gasteiger partial charge in [0, 0.05) is 39.7 Å². The molecule has 2 atom stereocenters. The summed E-state index contributed by atoms with van der Waals surface area (Å²) < 4.78 is 5.34. The Hall–Kier alpha value is -1.30. The predicted molar refractivity (Wildman–Crippen MR) is 73.5 cm³/mol. The molecular formula is C14H24N2O4. The molecule has 0 aromatic carbocycles. The predicted octanol–water partition coefficient (Wildman–Crippen LogP) is 1.40. The van der Waals surface area contributed by atoms with E-state index in [1.54, 1.807) is 7.11 Å². The molecule has 2 aliphatic heterocycles. The van der Waals surface area contributed by atoms with E-state index in [0.717, 1.165) is 32.4 Å². The molecule has 0 radical (unpaired) electrons. The first-order chi connectivity index (χ1) is 9.60. The number of amides is 2. The van der Waals surface area contributed by atoms with Crippen LogP contribution in [0.1, 0.15) is 32.1 Å². The van der Waals surface area contributed by atoms with Crippen LogP contribution in [0.4, 0.5) is 4.79 Å². The molecule has 2 rings (SSSR count). The summed E-state index contributed by atoms with van der Waals surface area (Å²) in [7, 11) is 1.69. The van der Waals surface area contributed by atoms with E-state index >= 15 is 0 Å². The maximum absolute atomic E-state index is 12.4. The van der Waals surface area contributed by atoms with E-state index in [9.17, 15) is 9.59 Å². The molecular weight excluding hydrogens is 260 g/mol. The number of nitrogens with zero attached hydrogens (tertiary/aromatic N) is 2. The van der Waals surface area contributed by atoms with E-state index in [1.165, 1.54) is 0 Å². The van der Waals surface area contributed by atoms with Crippen LogP contribution >= 0.6 is 0 Å². The summed E-state index contributed by atoms with van der Waals surface area (Å²) in [5.41, 5.74) is 0. The number of methoxy groups -OCH3 is 1. The molecule has 2 unspecified atom stereocenters. The lowest BCUT2D eigenvalue weighted by Crippen LogP contribution is -2.48. The summed E-state index contributed by atoms with van der Waals surface area (Å²) in [6, 6.07) is 0.0876. The lowest BCUT2D eigenvalue weighted by atomic mass is 10.0. The Bertz CT molecular complexity index is 361. The average Bonchev–Trinajstić information content (AvgIpc) is 2.93. The Balaban J connectivity index is 1.80. The van der Waals surface area contributed by atoms with Crippen LogP contribution in [0.15, 0.2) is 0 Å². The Morgan fingerprint density at radius 2 is 1.95 bits per heavy atom. The van der Waals surface area contributed by atoms with Gasteiger partial charge in [-0.15, -0.1) is 0 Å². The summed E-state index contributed by atoms with van der Waals surface area (Å²) >= 11 is 0. The molecule has 2 heterocycles. The molecule has 2 fully saturated rings. The quantitative estimate of drug-likeness (QED) is 0.847. The molecule has 0 saturated carbocycles. The number of hydrogen-bond donors (Lipinski definition) is 1. The normalized spacial score (nSPS) is 26.9. The third-order valence-corrected chi connectivity index (χ3v) is 4.30. The summed E-state index contributed by atoms with van der Waals surface area (Å²) in [6.07, 6.45) is 3.93. The van der Waals surface area contributed by atoms with Crippen LogP contribution in [0.2, 0.25) is 0 Å². The van der Waals surface area contributed by atoms with E-state index in [2.05, 4.69) is 0 Å². The van der Waals surface area contributed by atoms with Gasteiger partial charge in [-0.3, -0.25) is 4.79 Å². The van der Waals surface area contributed by atoms with Crippen LogP contribution in [0.25, 0.3) is 0 Å². The number of ether oxygens (including phenoxy) is 1. The smallest absolute Gasteiger partial charge is 0.320 e. The molecule has 2 saturated heterocycles. The number of carbonyl (C=O) groups excluding carboxylic acids is 1. The van der Waals surface area contributed by atoms with Gasteiger partial charge in [0.15, 0.2) is 0 Å². The van der Waals surface area contributed by atoms with E-state index < -0.39 is 5.97 Å². The van der Waals surface area contributed by atoms with Gasteiger partial charge >= 0.3 is 12.0 Å². The maximum atomic E-state index is 12.4. The first-order valence-corrected chi connectivity index (χ1v) is 7.38. The second-order valence-corrected chi connectivity index (χ2v) is 5.76. The molecule has 1 N–H and O–H groups in total. The molecule has 0 aromatic heterocycles. The standard InChI is InChI=1S/C14H24N2O4/c1-20-12-3-2-7-15(10-12)14(19)16-8-6-11(9-16)4-5-13(17)18/h11-12H,2-10H2,1H3,(H,17,18). The van der Waals surface area contributed by atoms with Crippen molar-refractivity contribution in [2.24, 2.45) is 5.92 Å². The van der Waals surface area contributed by atoms with Crippen molar-refractivity contribution >= 4 is 12.0 Å². The second kappa shape index (κ2) is 6.92. The van der Waals surface area contributed by atoms with Gasteiger partial charge in [0.1, 0.15) is 0 Å². The summed E-state index contributed by atoms with van der Waals surface area (Å²) in [4.78, 5) is 26.7. The minimum atomic E-state index is -0.756. The summed E-state index contributed by atoms with van der Waals surface area (Å²) in [5, 5.41) is 8.71. The van der Waals surface area contributed by atoms with Crippen LogP contribution in [0, 0.1) is 5.92 Å². The molecule has 6 heteroatoms. The SMILES string of the molecule is COC1CCCN(C(=O)N2CCC(CCC(=O)O)C2)C1. The number of carboxylic acid groups (broad SMARTS) is 1. The van der Waals surface area contributed by atoms with Crippen molar-refractivity contribution < 1.29 is 19.4 Å². The Kier molecular flexibility index (Phi) is 5.23. The summed E-state index contributed by atoms with van der Waals surface area (Å²) in [5.74, 6) is -0.424. The molecule has 2 aliphatic rings. The molecule has 114 valence electrons. The molecule has 0 aromatic rings. The third-order valence-electron chi connectivity index (χ3n) is 4.30. The van der Waals surface area contributed by atoms with Crippen molar-refractivity contribution in [1.29, 1.82) is 0 Å². The number of carboxylic acids is 1. The number of likely N-dealkylation sites (tertiary alicyclic amines) is 2. The highest BCUT2D eigenvalue weighted by Gasteiger charge is 2.31. The molecule has 6 nitrogen and oxygen atoms in total. The zero-order chi connectivity index (χ0) is 14.5. The van der Waals surface area contributed by atoms with Crippen LogP contribution in [-0.4, -0.2) is 66.3 Å². The molecule has 20 heavy (non-hydrogen) atoms. The number of aliphatic carboxylic acids is 1. The van der Waals surface area contributed by atoms with Crippen molar-refractivity contribution in [3.05, 3.63) is 0 Å². The number of urea groups is 1. The number of piperidine rings is 1. The zero-order valence-corrected chi connectivity index (χ0v) is 12.1. The van der Waals surface area contributed by atoms with Crippen molar-refractivity contribution in [3.63, 3.8) is 0 Å². The molecule has 0 aliphatic carbocycles. The monoisotopic (exact) mass is 284 g/mol. The highest BCUT2D eigenvalue weighted by atomic mass is 16.5. The van der Waals surface area contributed by atoms with E-state index in [0.29, 0.717) is 25.4 Å². The zero-order valence-electron chi connectivity index (χ0n) is 12.1. The minimum Gasteiger partial charge on any atom is -0.481 e. The fourth-order valence-electron chi connectivity index (χ4n) is 3.07. The topological polar surface area (TPSA) is 70.1 Å². The highest BCUT2D eigenvalue weighted by molar-refractivity contribution is 5.75. The molecule has 2 amide bonds. The first-order valence-electron chi connectivity index (χ1n) is 7.38. The minimum absolute atomic E-state index is 0.0876. The summed E-state index contributed by atoms with van der Waals surface area (Å²) in [6.45, 7) is 2.91. The second-order valence-electron chi connectivity index (χ2n) is 5.76. The van der Waals surface area contributed by atoms with E-state index in [4.69, 9.17) is 9.84 Å². The van der Waals surface area contributed by atoms with Gasteiger partial charge in [0.2, 0.25) is 0 Å². The van der Waals surface area contributed by atoms with Gasteiger partial charge in [-0.05, 0) is 31.6 Å². The van der Waals surface area contributed by atoms with Crippen LogP contribution in [0.3, 0.4) is 0 Å². The van der Waals surface area contributed by atoms with Gasteiger partial charge in [0.05, 0.1) is 6.10 Å². The first kappa shape index (κ1) is 15.1. The van der Waals surface area contributed by atoms with Crippen molar-refractivity contribution in [2.75, 3.05) is 33.3 Å². The maximum Gasteiger partial charge on any atom is 0.320 e. The Morgan fingerprint density at radius 1 is 1.20 bits per heavy atom. The Morgan fingerprint density at radius 3 is 2.65 bits per heavy atom. The largest absolute Gasteiger partial charge is 0.481 e. The fourth-order valence-corrected chi connectivity index (χ4v) is 3.07. The van der Waals surface area contributed by atoms with Gasteiger partial charge < -0.3 is 19.6 Å². The fraction of sp³-hybridized carbons (Fsp3) is 0.857. The van der Waals surface area contributed by atoms with Crippen molar-refractivity contribution in [2.45, 2.75) is 38.2 Å². The van der Waals surface area contributed by atoms with E-state index in [-0.39, 0.29) is 18.6 Å². The van der Waals surface area contributed by atoms with Crippen LogP contribution < -0.4 is 0 Å². The number of carbonyl (C=O) groups is 2. The highest BCUT2D eigenvalue weighted by Crippen LogP contribution is 2.23. The van der Waals surface area contributed by atoms with Crippen LogP contribution in [0.5, 0.6) is 0 Å². The van der Waals surface area contributed by atoms with Crippen molar-refractivity contribution in [1.82, 2.24) is 9.80 Å². The van der Waals surface area contributed by atoms with Crippen LogP contribution in [-0.2, 0) is 9.53 Å². The number of rotatable bonds is 4. The lowest BCUT2D eigenvalue weighted by molar-refractivity contribution is -0.137.